The van der Waals surface area contributed by atoms with E-state index in [1.807, 2.05) is 18.2 Å². The van der Waals surface area contributed by atoms with Crippen LogP contribution in [0.5, 0.6) is 11.5 Å². The Morgan fingerprint density at radius 2 is 2.04 bits per heavy atom. The van der Waals surface area contributed by atoms with Crippen molar-refractivity contribution in [2.24, 2.45) is 5.92 Å². The van der Waals surface area contributed by atoms with Gasteiger partial charge in [-0.2, -0.15) is 0 Å². The van der Waals surface area contributed by atoms with E-state index in [-0.39, 0.29) is 24.3 Å². The van der Waals surface area contributed by atoms with Gasteiger partial charge < -0.3 is 19.9 Å². The van der Waals surface area contributed by atoms with Gasteiger partial charge in [-0.15, -0.1) is 0 Å². The fourth-order valence-electron chi connectivity index (χ4n) is 4.22. The maximum Gasteiger partial charge on any atom is 0.335 e. The standard InChI is InChI=1S/C20H16ClNO4/c21-15-7-11(20(23)24)6-14-12-2-1-3-13(12)18(22-19(14)15)10-4-5-16-17(8-10)26-9-25-16/h1-2,4-8,12-13,18,22H,3,9H2,(H,23,24)/t12-,13+,18+/m0/s1. The van der Waals surface area contributed by atoms with E-state index in [4.69, 9.17) is 21.1 Å². The van der Waals surface area contributed by atoms with Gasteiger partial charge in [0.1, 0.15) is 0 Å². The molecule has 5 rings (SSSR count). The monoisotopic (exact) mass is 369 g/mol. The highest BCUT2D eigenvalue weighted by atomic mass is 35.5. The second-order valence-corrected chi connectivity index (χ2v) is 7.22. The highest BCUT2D eigenvalue weighted by Gasteiger charge is 2.39. The van der Waals surface area contributed by atoms with Gasteiger partial charge in [0.15, 0.2) is 11.5 Å². The van der Waals surface area contributed by atoms with Crippen molar-refractivity contribution in [1.29, 1.82) is 0 Å². The number of ether oxygens (including phenoxy) is 2. The lowest BCUT2D eigenvalue weighted by Crippen LogP contribution is -2.29. The number of rotatable bonds is 2. The number of hydrogen-bond donors (Lipinski definition) is 2. The molecule has 0 spiro atoms. The summed E-state index contributed by atoms with van der Waals surface area (Å²) in [4.78, 5) is 11.4. The van der Waals surface area contributed by atoms with Crippen molar-refractivity contribution in [3.63, 3.8) is 0 Å². The second kappa shape index (κ2) is 5.68. The molecule has 0 aromatic heterocycles. The molecule has 2 heterocycles. The first-order valence-electron chi connectivity index (χ1n) is 8.51. The third-order valence-corrected chi connectivity index (χ3v) is 5.72. The van der Waals surface area contributed by atoms with E-state index in [2.05, 4.69) is 17.5 Å². The quantitative estimate of drug-likeness (QED) is 0.757. The molecule has 3 aliphatic rings. The molecule has 2 aromatic carbocycles. The van der Waals surface area contributed by atoms with Gasteiger partial charge in [-0.25, -0.2) is 4.79 Å². The zero-order valence-electron chi connectivity index (χ0n) is 13.7. The summed E-state index contributed by atoms with van der Waals surface area (Å²) in [6.45, 7) is 0.247. The third-order valence-electron chi connectivity index (χ3n) is 5.42. The highest BCUT2D eigenvalue weighted by Crippen LogP contribution is 2.52. The number of hydrogen-bond acceptors (Lipinski definition) is 4. The smallest absolute Gasteiger partial charge is 0.335 e. The van der Waals surface area contributed by atoms with Gasteiger partial charge in [0.2, 0.25) is 6.79 Å². The molecule has 132 valence electrons. The van der Waals surface area contributed by atoms with E-state index in [9.17, 15) is 9.90 Å². The maximum absolute atomic E-state index is 11.4. The van der Waals surface area contributed by atoms with E-state index in [0.717, 1.165) is 34.7 Å². The summed E-state index contributed by atoms with van der Waals surface area (Å²) >= 11 is 6.43. The molecule has 5 nitrogen and oxygen atoms in total. The van der Waals surface area contributed by atoms with Gasteiger partial charge in [-0.05, 0) is 47.7 Å². The molecule has 0 saturated heterocycles. The van der Waals surface area contributed by atoms with Crippen LogP contribution in [-0.4, -0.2) is 17.9 Å². The molecule has 0 radical (unpaired) electrons. The number of nitrogens with one attached hydrogen (secondary N) is 1. The Labute approximate surface area is 155 Å². The lowest BCUT2D eigenvalue weighted by Gasteiger charge is -2.38. The highest BCUT2D eigenvalue weighted by molar-refractivity contribution is 6.33. The molecule has 0 amide bonds. The zero-order chi connectivity index (χ0) is 17.8. The van der Waals surface area contributed by atoms with Crippen LogP contribution in [0.2, 0.25) is 5.02 Å². The number of halogens is 1. The van der Waals surface area contributed by atoms with Crippen LogP contribution < -0.4 is 14.8 Å². The summed E-state index contributed by atoms with van der Waals surface area (Å²) < 4.78 is 10.9. The lowest BCUT2D eigenvalue weighted by atomic mass is 9.76. The molecular formula is C20H16ClNO4. The first-order valence-corrected chi connectivity index (χ1v) is 8.89. The van der Waals surface area contributed by atoms with Crippen LogP contribution in [0, 0.1) is 5.92 Å². The van der Waals surface area contributed by atoms with Crippen molar-refractivity contribution in [2.75, 3.05) is 12.1 Å². The van der Waals surface area contributed by atoms with E-state index in [1.54, 1.807) is 6.07 Å². The van der Waals surface area contributed by atoms with Crippen LogP contribution in [-0.2, 0) is 0 Å². The molecule has 26 heavy (non-hydrogen) atoms. The first kappa shape index (κ1) is 15.6. The molecule has 1 aliphatic carbocycles. The molecule has 2 N–H and O–H groups in total. The number of carbonyl (C=O) groups is 1. The van der Waals surface area contributed by atoms with Gasteiger partial charge in [-0.3, -0.25) is 0 Å². The summed E-state index contributed by atoms with van der Waals surface area (Å²) in [5, 5.41) is 13.3. The molecule has 0 unspecified atom stereocenters. The molecule has 6 heteroatoms. The van der Waals surface area contributed by atoms with E-state index < -0.39 is 5.97 Å². The molecule has 2 aliphatic heterocycles. The number of anilines is 1. The maximum atomic E-state index is 11.4. The van der Waals surface area contributed by atoms with Crippen LogP contribution in [0.15, 0.2) is 42.5 Å². The summed E-state index contributed by atoms with van der Waals surface area (Å²) in [5.74, 6) is 0.979. The van der Waals surface area contributed by atoms with Gasteiger partial charge in [0, 0.05) is 5.92 Å². The fourth-order valence-corrected chi connectivity index (χ4v) is 4.50. The van der Waals surface area contributed by atoms with Crippen molar-refractivity contribution in [2.45, 2.75) is 18.4 Å². The van der Waals surface area contributed by atoms with Crippen molar-refractivity contribution >= 4 is 23.3 Å². The van der Waals surface area contributed by atoms with Gasteiger partial charge in [-0.1, -0.05) is 29.8 Å². The second-order valence-electron chi connectivity index (χ2n) is 6.82. The topological polar surface area (TPSA) is 67.8 Å². The summed E-state index contributed by atoms with van der Waals surface area (Å²) in [6, 6.07) is 9.29. The predicted molar refractivity (Wildman–Crippen MR) is 97.3 cm³/mol. The lowest BCUT2D eigenvalue weighted by molar-refractivity contribution is 0.0696. The Bertz CT molecular complexity index is 955. The minimum absolute atomic E-state index is 0.0604. The van der Waals surface area contributed by atoms with Crippen LogP contribution in [0.25, 0.3) is 0 Å². The van der Waals surface area contributed by atoms with Crippen LogP contribution in [0.4, 0.5) is 5.69 Å². The summed E-state index contributed by atoms with van der Waals surface area (Å²) in [6.07, 6.45) is 5.24. The predicted octanol–water partition coefficient (Wildman–Crippen LogP) is 4.59. The average molecular weight is 370 g/mol. The van der Waals surface area contributed by atoms with E-state index >= 15 is 0 Å². The zero-order valence-corrected chi connectivity index (χ0v) is 14.5. The summed E-state index contributed by atoms with van der Waals surface area (Å²) in [5.41, 5.74) is 3.09. The van der Waals surface area contributed by atoms with Crippen LogP contribution in [0.1, 0.15) is 39.9 Å². The number of carboxylic acid groups (broad SMARTS) is 1. The van der Waals surface area contributed by atoms with Crippen molar-refractivity contribution in [1.82, 2.24) is 0 Å². The summed E-state index contributed by atoms with van der Waals surface area (Å²) in [7, 11) is 0. The molecule has 0 saturated carbocycles. The third kappa shape index (κ3) is 2.27. The largest absolute Gasteiger partial charge is 0.478 e. The Balaban J connectivity index is 1.60. The van der Waals surface area contributed by atoms with E-state index in [0.29, 0.717) is 10.9 Å². The fraction of sp³-hybridized carbons (Fsp3) is 0.250. The van der Waals surface area contributed by atoms with Gasteiger partial charge in [0.25, 0.3) is 0 Å². The molecule has 3 atom stereocenters. The van der Waals surface area contributed by atoms with Crippen LogP contribution >= 0.6 is 11.6 Å². The number of benzene rings is 2. The Kier molecular flexibility index (Phi) is 3.40. The van der Waals surface area contributed by atoms with Crippen molar-refractivity contribution < 1.29 is 19.4 Å². The van der Waals surface area contributed by atoms with Gasteiger partial charge in [0.05, 0.1) is 22.3 Å². The number of fused-ring (bicyclic) bond motifs is 4. The number of carboxylic acids is 1. The van der Waals surface area contributed by atoms with Crippen molar-refractivity contribution in [3.8, 4) is 11.5 Å². The molecule has 0 fully saturated rings. The minimum Gasteiger partial charge on any atom is -0.478 e. The minimum atomic E-state index is -0.967. The molecule has 0 bridgehead atoms. The normalized spacial score (nSPS) is 24.7. The molecular weight excluding hydrogens is 354 g/mol. The Morgan fingerprint density at radius 3 is 2.88 bits per heavy atom. The molecule has 2 aromatic rings. The van der Waals surface area contributed by atoms with E-state index in [1.165, 1.54) is 6.07 Å². The first-order chi connectivity index (χ1) is 12.6. The van der Waals surface area contributed by atoms with Crippen LogP contribution in [0.3, 0.4) is 0 Å². The number of allylic oxidation sites excluding steroid dienone is 2. The Hall–Kier alpha value is -2.66. The van der Waals surface area contributed by atoms with Gasteiger partial charge >= 0.3 is 5.97 Å². The Morgan fingerprint density at radius 1 is 1.19 bits per heavy atom. The SMILES string of the molecule is O=C(O)c1cc(Cl)c2c(c1)[C@H]1C=CC[C@H]1[C@@H](c1ccc3c(c1)OCO3)N2. The number of aromatic carboxylic acids is 1. The van der Waals surface area contributed by atoms with Crippen molar-refractivity contribution in [3.05, 3.63) is 64.2 Å². The average Bonchev–Trinajstić information content (AvgIpc) is 3.29.